The molecular formula is C17H18ClN3OS2. The first-order valence-electron chi connectivity index (χ1n) is 7.70. The maximum atomic E-state index is 12.4. The molecule has 3 rings (SSSR count). The number of hydrogen-bond donors (Lipinski definition) is 1. The summed E-state index contributed by atoms with van der Waals surface area (Å²) in [5, 5.41) is 6.58. The van der Waals surface area contributed by atoms with E-state index in [1.165, 1.54) is 11.3 Å². The van der Waals surface area contributed by atoms with Gasteiger partial charge in [0.25, 0.3) is 5.91 Å². The summed E-state index contributed by atoms with van der Waals surface area (Å²) < 4.78 is 0. The van der Waals surface area contributed by atoms with E-state index in [4.69, 9.17) is 23.8 Å². The highest BCUT2D eigenvalue weighted by molar-refractivity contribution is 7.80. The Morgan fingerprint density at radius 2 is 1.88 bits per heavy atom. The van der Waals surface area contributed by atoms with Crippen LogP contribution in [0, 0.1) is 6.92 Å². The lowest BCUT2D eigenvalue weighted by Crippen LogP contribution is -2.51. The lowest BCUT2D eigenvalue weighted by Gasteiger charge is -2.36. The average molecular weight is 380 g/mol. The summed E-state index contributed by atoms with van der Waals surface area (Å²) in [6, 6.07) is 9.50. The van der Waals surface area contributed by atoms with Crippen molar-refractivity contribution in [3.63, 3.8) is 0 Å². The second-order valence-corrected chi connectivity index (χ2v) is 7.34. The number of halogens is 1. The molecule has 1 N–H and O–H groups in total. The molecular weight excluding hydrogens is 362 g/mol. The van der Waals surface area contributed by atoms with Crippen molar-refractivity contribution < 1.29 is 4.79 Å². The van der Waals surface area contributed by atoms with Crippen LogP contribution in [-0.2, 0) is 0 Å². The van der Waals surface area contributed by atoms with Gasteiger partial charge in [-0.25, -0.2) is 0 Å². The van der Waals surface area contributed by atoms with Crippen LogP contribution in [0.5, 0.6) is 0 Å². The monoisotopic (exact) mass is 379 g/mol. The minimum absolute atomic E-state index is 0.106. The number of anilines is 1. The van der Waals surface area contributed by atoms with E-state index in [1.54, 1.807) is 0 Å². The summed E-state index contributed by atoms with van der Waals surface area (Å²) in [7, 11) is 0. The minimum atomic E-state index is 0.106. The van der Waals surface area contributed by atoms with Crippen LogP contribution < -0.4 is 5.32 Å². The zero-order valence-corrected chi connectivity index (χ0v) is 15.7. The second kappa shape index (κ2) is 7.51. The van der Waals surface area contributed by atoms with Crippen molar-refractivity contribution in [2.75, 3.05) is 31.5 Å². The van der Waals surface area contributed by atoms with E-state index in [0.29, 0.717) is 23.2 Å². The molecule has 1 aromatic heterocycles. The minimum Gasteiger partial charge on any atom is -0.345 e. The molecule has 1 amide bonds. The summed E-state index contributed by atoms with van der Waals surface area (Å²) in [5.74, 6) is 0.106. The van der Waals surface area contributed by atoms with Crippen LogP contribution in [-0.4, -0.2) is 47.0 Å². The molecule has 4 nitrogen and oxygen atoms in total. The van der Waals surface area contributed by atoms with Crippen LogP contribution >= 0.6 is 35.2 Å². The van der Waals surface area contributed by atoms with E-state index in [-0.39, 0.29) is 5.91 Å². The first kappa shape index (κ1) is 17.2. The zero-order chi connectivity index (χ0) is 17.1. The number of carbonyl (C=O) groups excluding carboxylic acids is 1. The SMILES string of the molecule is Cc1c(Cl)cccc1NC(=S)N1CCN(C(=O)c2cccs2)CC1. The number of rotatable bonds is 2. The van der Waals surface area contributed by atoms with E-state index in [9.17, 15) is 4.79 Å². The Kier molecular flexibility index (Phi) is 5.38. The highest BCUT2D eigenvalue weighted by Crippen LogP contribution is 2.23. The summed E-state index contributed by atoms with van der Waals surface area (Å²) in [6.07, 6.45) is 0. The van der Waals surface area contributed by atoms with Crippen molar-refractivity contribution in [2.45, 2.75) is 6.92 Å². The van der Waals surface area contributed by atoms with E-state index in [0.717, 1.165) is 29.2 Å². The number of benzene rings is 1. The molecule has 1 aliphatic heterocycles. The molecule has 0 radical (unpaired) electrons. The third-order valence-electron chi connectivity index (χ3n) is 4.10. The fraction of sp³-hybridized carbons (Fsp3) is 0.294. The van der Waals surface area contributed by atoms with Gasteiger partial charge in [-0.05, 0) is 48.3 Å². The summed E-state index contributed by atoms with van der Waals surface area (Å²) in [5.41, 5.74) is 1.90. The fourth-order valence-corrected chi connectivity index (χ4v) is 3.76. The van der Waals surface area contributed by atoms with Crippen LogP contribution in [0.25, 0.3) is 0 Å². The van der Waals surface area contributed by atoms with Gasteiger partial charge in [-0.15, -0.1) is 11.3 Å². The van der Waals surface area contributed by atoms with Gasteiger partial charge in [0.15, 0.2) is 5.11 Å². The fourth-order valence-electron chi connectivity index (χ4n) is 2.61. The number of thiophene rings is 1. The molecule has 1 aliphatic rings. The van der Waals surface area contributed by atoms with Gasteiger partial charge in [0.05, 0.1) is 4.88 Å². The molecule has 126 valence electrons. The number of amides is 1. The maximum Gasteiger partial charge on any atom is 0.264 e. The molecule has 1 aromatic carbocycles. The second-order valence-electron chi connectivity index (χ2n) is 5.60. The van der Waals surface area contributed by atoms with Gasteiger partial charge in [-0.3, -0.25) is 4.79 Å². The van der Waals surface area contributed by atoms with Gasteiger partial charge in [-0.1, -0.05) is 23.7 Å². The Morgan fingerprint density at radius 3 is 2.54 bits per heavy atom. The van der Waals surface area contributed by atoms with E-state index >= 15 is 0 Å². The predicted octanol–water partition coefficient (Wildman–Crippen LogP) is 3.86. The van der Waals surface area contributed by atoms with Crippen LogP contribution in [0.3, 0.4) is 0 Å². The van der Waals surface area contributed by atoms with Crippen LogP contribution in [0.4, 0.5) is 5.69 Å². The average Bonchev–Trinajstić information content (AvgIpc) is 3.13. The van der Waals surface area contributed by atoms with E-state index in [1.807, 2.05) is 47.5 Å². The molecule has 0 spiro atoms. The van der Waals surface area contributed by atoms with Gasteiger partial charge >= 0.3 is 0 Å². The first-order valence-corrected chi connectivity index (χ1v) is 9.36. The third kappa shape index (κ3) is 3.71. The quantitative estimate of drug-likeness (QED) is 0.803. The van der Waals surface area contributed by atoms with Crippen molar-refractivity contribution in [2.24, 2.45) is 0 Å². The number of nitrogens with one attached hydrogen (secondary N) is 1. The lowest BCUT2D eigenvalue weighted by molar-refractivity contribution is 0.0698. The standard InChI is InChI=1S/C17H18ClN3OS2/c1-12-13(18)4-2-5-14(12)19-17(23)21-9-7-20(8-10-21)16(22)15-6-3-11-24-15/h2-6,11H,7-10H2,1H3,(H,19,23). The van der Waals surface area contributed by atoms with Gasteiger partial charge in [-0.2, -0.15) is 0 Å². The number of piperazine rings is 1. The van der Waals surface area contributed by atoms with E-state index < -0.39 is 0 Å². The Morgan fingerprint density at radius 1 is 1.17 bits per heavy atom. The summed E-state index contributed by atoms with van der Waals surface area (Å²) >= 11 is 13.1. The normalized spacial score (nSPS) is 14.6. The van der Waals surface area contributed by atoms with Crippen molar-refractivity contribution in [3.8, 4) is 0 Å². The van der Waals surface area contributed by atoms with Crippen molar-refractivity contribution in [1.82, 2.24) is 9.80 Å². The number of carbonyl (C=O) groups is 1. The highest BCUT2D eigenvalue weighted by Gasteiger charge is 2.24. The van der Waals surface area contributed by atoms with Gasteiger partial charge in [0, 0.05) is 36.9 Å². The first-order chi connectivity index (χ1) is 11.6. The van der Waals surface area contributed by atoms with Crippen molar-refractivity contribution in [1.29, 1.82) is 0 Å². The molecule has 0 aliphatic carbocycles. The lowest BCUT2D eigenvalue weighted by atomic mass is 10.2. The van der Waals surface area contributed by atoms with Crippen LogP contribution in [0.1, 0.15) is 15.2 Å². The predicted molar refractivity (Wildman–Crippen MR) is 104 cm³/mol. The zero-order valence-electron chi connectivity index (χ0n) is 13.3. The molecule has 24 heavy (non-hydrogen) atoms. The van der Waals surface area contributed by atoms with Crippen LogP contribution in [0.15, 0.2) is 35.7 Å². The third-order valence-corrected chi connectivity index (χ3v) is 5.72. The molecule has 1 saturated heterocycles. The maximum absolute atomic E-state index is 12.4. The summed E-state index contributed by atoms with van der Waals surface area (Å²) in [4.78, 5) is 17.1. The molecule has 2 aromatic rings. The Bertz CT molecular complexity index is 740. The molecule has 0 unspecified atom stereocenters. The molecule has 2 heterocycles. The van der Waals surface area contributed by atoms with Crippen LogP contribution in [0.2, 0.25) is 5.02 Å². The van der Waals surface area contributed by atoms with Crippen molar-refractivity contribution in [3.05, 3.63) is 51.2 Å². The molecule has 0 bridgehead atoms. The Balaban J connectivity index is 1.57. The number of hydrogen-bond acceptors (Lipinski definition) is 3. The topological polar surface area (TPSA) is 35.6 Å². The largest absolute Gasteiger partial charge is 0.345 e. The number of nitrogens with zero attached hydrogens (tertiary/aromatic N) is 2. The smallest absolute Gasteiger partial charge is 0.264 e. The van der Waals surface area contributed by atoms with Gasteiger partial charge in [0.1, 0.15) is 0 Å². The molecule has 7 heteroatoms. The Hall–Kier alpha value is -1.63. The van der Waals surface area contributed by atoms with E-state index in [2.05, 4.69) is 10.2 Å². The summed E-state index contributed by atoms with van der Waals surface area (Å²) in [6.45, 7) is 4.76. The highest BCUT2D eigenvalue weighted by atomic mass is 35.5. The Labute approximate surface area is 156 Å². The number of thiocarbonyl (C=S) groups is 1. The molecule has 0 saturated carbocycles. The molecule has 1 fully saturated rings. The molecule has 0 atom stereocenters. The van der Waals surface area contributed by atoms with Gasteiger partial charge in [0.2, 0.25) is 0 Å². The van der Waals surface area contributed by atoms with Crippen molar-refractivity contribution >= 4 is 51.9 Å². The van der Waals surface area contributed by atoms with Gasteiger partial charge < -0.3 is 15.1 Å².